The van der Waals surface area contributed by atoms with E-state index in [1.54, 1.807) is 4.68 Å². The van der Waals surface area contributed by atoms with Gasteiger partial charge in [-0.2, -0.15) is 5.26 Å². The lowest BCUT2D eigenvalue weighted by Crippen LogP contribution is -2.21. The summed E-state index contributed by atoms with van der Waals surface area (Å²) in [6.07, 6.45) is 1.91. The molecule has 1 aromatic rings. The Bertz CT molecular complexity index is 358. The van der Waals surface area contributed by atoms with Crippen molar-refractivity contribution in [2.45, 2.75) is 43.6 Å². The second kappa shape index (κ2) is 8.03. The highest BCUT2D eigenvalue weighted by Gasteiger charge is 2.13. The van der Waals surface area contributed by atoms with Crippen molar-refractivity contribution in [3.63, 3.8) is 0 Å². The smallest absolute Gasteiger partial charge is 0.210 e. The number of nitriles is 1. The van der Waals surface area contributed by atoms with Gasteiger partial charge in [-0.05, 0) is 29.8 Å². The van der Waals surface area contributed by atoms with Crippen molar-refractivity contribution in [1.29, 1.82) is 5.26 Å². The molecule has 0 bridgehead atoms. The third-order valence-electron chi connectivity index (χ3n) is 2.19. The largest absolute Gasteiger partial charge is 0.315 e. The van der Waals surface area contributed by atoms with Gasteiger partial charge in [0.2, 0.25) is 5.16 Å². The average molecular weight is 254 g/mol. The normalized spacial score (nSPS) is 12.3. The molecule has 0 aliphatic carbocycles. The van der Waals surface area contributed by atoms with E-state index in [0.29, 0.717) is 0 Å². The molecular formula is C10H18N6S. The summed E-state index contributed by atoms with van der Waals surface area (Å²) in [5.74, 6) is 0. The van der Waals surface area contributed by atoms with Crippen molar-refractivity contribution in [2.75, 3.05) is 13.1 Å². The Morgan fingerprint density at radius 1 is 1.47 bits per heavy atom. The zero-order chi connectivity index (χ0) is 12.5. The molecule has 94 valence electrons. The molecule has 7 heteroatoms. The van der Waals surface area contributed by atoms with Crippen molar-refractivity contribution >= 4 is 11.8 Å². The van der Waals surface area contributed by atoms with E-state index in [1.807, 2.05) is 6.92 Å². The molecule has 0 spiro atoms. The molecular weight excluding hydrogens is 236 g/mol. The summed E-state index contributed by atoms with van der Waals surface area (Å²) in [6, 6.07) is 2.23. The average Bonchev–Trinajstić information content (AvgIpc) is 2.79. The van der Waals surface area contributed by atoms with Gasteiger partial charge in [-0.1, -0.05) is 25.6 Å². The van der Waals surface area contributed by atoms with E-state index < -0.39 is 0 Å². The molecule has 1 unspecified atom stereocenters. The molecule has 1 N–H and O–H groups in total. The number of nitrogens with one attached hydrogen (secondary N) is 1. The monoisotopic (exact) mass is 254 g/mol. The molecule has 0 aromatic carbocycles. The maximum Gasteiger partial charge on any atom is 0.210 e. The van der Waals surface area contributed by atoms with Crippen LogP contribution in [0.3, 0.4) is 0 Å². The highest BCUT2D eigenvalue weighted by molar-refractivity contribution is 8.00. The molecule has 0 radical (unpaired) electrons. The minimum absolute atomic E-state index is 0.0802. The summed E-state index contributed by atoms with van der Waals surface area (Å²) in [6.45, 7) is 6.69. The summed E-state index contributed by atoms with van der Waals surface area (Å²) in [7, 11) is 0. The zero-order valence-electron chi connectivity index (χ0n) is 10.3. The topological polar surface area (TPSA) is 79.4 Å². The first kappa shape index (κ1) is 13.9. The molecule has 1 atom stereocenters. The van der Waals surface area contributed by atoms with Gasteiger partial charge in [0.1, 0.15) is 0 Å². The van der Waals surface area contributed by atoms with Crippen molar-refractivity contribution in [2.24, 2.45) is 0 Å². The first-order valence-corrected chi connectivity index (χ1v) is 6.72. The van der Waals surface area contributed by atoms with Gasteiger partial charge in [0.25, 0.3) is 0 Å². The van der Waals surface area contributed by atoms with Crippen molar-refractivity contribution in [3.05, 3.63) is 0 Å². The Balaban J connectivity index is 2.45. The van der Waals surface area contributed by atoms with E-state index in [1.165, 1.54) is 11.8 Å². The third-order valence-corrected chi connectivity index (χ3v) is 3.42. The SMILES string of the molecule is CCCNCCn1nnnc1SC(C#N)CC. The number of tetrazole rings is 1. The fourth-order valence-electron chi connectivity index (χ4n) is 1.24. The van der Waals surface area contributed by atoms with Crippen LogP contribution in [0.15, 0.2) is 5.16 Å². The van der Waals surface area contributed by atoms with Crippen LogP contribution in [0.4, 0.5) is 0 Å². The fourth-order valence-corrected chi connectivity index (χ4v) is 2.04. The van der Waals surface area contributed by atoms with Crippen LogP contribution in [0.25, 0.3) is 0 Å². The molecule has 1 heterocycles. The summed E-state index contributed by atoms with van der Waals surface area (Å²) in [5, 5.41) is 24.3. The predicted octanol–water partition coefficient (Wildman–Crippen LogP) is 1.07. The van der Waals surface area contributed by atoms with E-state index in [2.05, 4.69) is 33.8 Å². The lowest BCUT2D eigenvalue weighted by Gasteiger charge is -2.07. The second-order valence-electron chi connectivity index (χ2n) is 3.58. The molecule has 0 saturated heterocycles. The fraction of sp³-hybridized carbons (Fsp3) is 0.800. The summed E-state index contributed by atoms with van der Waals surface area (Å²) >= 11 is 1.42. The van der Waals surface area contributed by atoms with E-state index in [4.69, 9.17) is 5.26 Å². The second-order valence-corrected chi connectivity index (χ2v) is 4.75. The number of aromatic nitrogens is 4. The Hall–Kier alpha value is -1.13. The van der Waals surface area contributed by atoms with Crippen LogP contribution in [0.1, 0.15) is 26.7 Å². The molecule has 0 amide bonds. The van der Waals surface area contributed by atoms with Crippen LogP contribution in [-0.2, 0) is 6.54 Å². The highest BCUT2D eigenvalue weighted by Crippen LogP contribution is 2.21. The maximum atomic E-state index is 8.90. The van der Waals surface area contributed by atoms with Gasteiger partial charge in [-0.25, -0.2) is 4.68 Å². The zero-order valence-corrected chi connectivity index (χ0v) is 11.1. The maximum absolute atomic E-state index is 8.90. The van der Waals surface area contributed by atoms with E-state index >= 15 is 0 Å². The summed E-state index contributed by atoms with van der Waals surface area (Å²) < 4.78 is 1.74. The minimum Gasteiger partial charge on any atom is -0.315 e. The highest BCUT2D eigenvalue weighted by atomic mass is 32.2. The van der Waals surface area contributed by atoms with Crippen LogP contribution in [-0.4, -0.2) is 38.5 Å². The van der Waals surface area contributed by atoms with Crippen LogP contribution in [0.5, 0.6) is 0 Å². The van der Waals surface area contributed by atoms with Gasteiger partial charge in [0, 0.05) is 6.54 Å². The molecule has 0 saturated carbocycles. The molecule has 1 aromatic heterocycles. The van der Waals surface area contributed by atoms with Gasteiger partial charge in [0.05, 0.1) is 17.9 Å². The Kier molecular flexibility index (Phi) is 6.58. The summed E-state index contributed by atoms with van der Waals surface area (Å²) in [5.41, 5.74) is 0. The lowest BCUT2D eigenvalue weighted by molar-refractivity contribution is 0.510. The third kappa shape index (κ3) is 4.71. The minimum atomic E-state index is -0.0802. The van der Waals surface area contributed by atoms with Crippen LogP contribution in [0.2, 0.25) is 0 Å². The van der Waals surface area contributed by atoms with E-state index in [0.717, 1.165) is 37.6 Å². The van der Waals surface area contributed by atoms with Gasteiger partial charge in [-0.15, -0.1) is 5.10 Å². The number of thioether (sulfide) groups is 1. The first-order chi connectivity index (χ1) is 8.31. The predicted molar refractivity (Wildman–Crippen MR) is 66.5 cm³/mol. The Morgan fingerprint density at radius 3 is 2.94 bits per heavy atom. The van der Waals surface area contributed by atoms with Gasteiger partial charge in [-0.3, -0.25) is 0 Å². The number of hydrogen-bond acceptors (Lipinski definition) is 6. The molecule has 17 heavy (non-hydrogen) atoms. The first-order valence-electron chi connectivity index (χ1n) is 5.85. The molecule has 0 aliphatic heterocycles. The molecule has 0 aliphatic rings. The van der Waals surface area contributed by atoms with Crippen LogP contribution < -0.4 is 5.32 Å². The van der Waals surface area contributed by atoms with Gasteiger partial charge < -0.3 is 5.32 Å². The lowest BCUT2D eigenvalue weighted by atomic mass is 10.4. The van der Waals surface area contributed by atoms with E-state index in [-0.39, 0.29) is 5.25 Å². The van der Waals surface area contributed by atoms with Gasteiger partial charge >= 0.3 is 0 Å². The summed E-state index contributed by atoms with van der Waals surface area (Å²) in [4.78, 5) is 0. The van der Waals surface area contributed by atoms with Crippen molar-refractivity contribution in [3.8, 4) is 6.07 Å². The van der Waals surface area contributed by atoms with Crippen LogP contribution >= 0.6 is 11.8 Å². The number of hydrogen-bond donors (Lipinski definition) is 1. The Morgan fingerprint density at radius 2 is 2.29 bits per heavy atom. The quantitative estimate of drug-likeness (QED) is 0.552. The number of rotatable bonds is 8. The standard InChI is InChI=1S/C10H18N6S/c1-3-5-12-6-7-16-10(13-14-15-16)17-9(4-2)8-11/h9,12H,3-7H2,1-2H3. The molecule has 6 nitrogen and oxygen atoms in total. The molecule has 1 rings (SSSR count). The number of nitrogens with zero attached hydrogens (tertiary/aromatic N) is 5. The van der Waals surface area contributed by atoms with Crippen LogP contribution in [0, 0.1) is 11.3 Å². The van der Waals surface area contributed by atoms with Crippen molar-refractivity contribution < 1.29 is 0 Å². The van der Waals surface area contributed by atoms with E-state index in [9.17, 15) is 0 Å². The van der Waals surface area contributed by atoms with Crippen molar-refractivity contribution in [1.82, 2.24) is 25.5 Å². The van der Waals surface area contributed by atoms with Gasteiger partial charge in [0.15, 0.2) is 0 Å². The molecule has 0 fully saturated rings. The Labute approximate surface area is 106 Å².